The van der Waals surface area contributed by atoms with Gasteiger partial charge in [0.2, 0.25) is 5.88 Å². The number of benzene rings is 2. The maximum atomic E-state index is 12.3. The summed E-state index contributed by atoms with van der Waals surface area (Å²) in [7, 11) is 0. The van der Waals surface area contributed by atoms with Crippen molar-refractivity contribution < 1.29 is 14.6 Å². The van der Waals surface area contributed by atoms with Gasteiger partial charge in [0.05, 0.1) is 0 Å². The van der Waals surface area contributed by atoms with E-state index in [1.165, 1.54) is 10.9 Å². The zero-order chi connectivity index (χ0) is 20.1. The maximum absolute atomic E-state index is 12.3. The number of carbonyl (C=O) groups is 1. The molecule has 29 heavy (non-hydrogen) atoms. The first-order chi connectivity index (χ1) is 14.2. The van der Waals surface area contributed by atoms with Gasteiger partial charge in [-0.15, -0.1) is 0 Å². The van der Waals surface area contributed by atoms with Crippen molar-refractivity contribution in [3.05, 3.63) is 90.4 Å². The molecule has 0 aliphatic carbocycles. The highest BCUT2D eigenvalue weighted by Gasteiger charge is 2.15. The normalized spacial score (nSPS) is 10.5. The van der Waals surface area contributed by atoms with Crippen LogP contribution in [0.5, 0.6) is 17.4 Å². The van der Waals surface area contributed by atoms with Gasteiger partial charge in [0, 0.05) is 25.1 Å². The Kier molecular flexibility index (Phi) is 5.15. The molecule has 2 aromatic heterocycles. The number of aromatic nitrogens is 4. The number of hydrogen-bond acceptors (Lipinski definition) is 6. The summed E-state index contributed by atoms with van der Waals surface area (Å²) in [5, 5.41) is 16.8. The predicted molar refractivity (Wildman–Crippen MR) is 105 cm³/mol. The lowest BCUT2D eigenvalue weighted by atomic mass is 10.2. The molecule has 0 atom stereocenters. The molecule has 0 aliphatic heterocycles. The van der Waals surface area contributed by atoms with E-state index in [4.69, 9.17) is 4.74 Å². The van der Waals surface area contributed by atoms with Gasteiger partial charge in [-0.25, -0.2) is 9.67 Å². The van der Waals surface area contributed by atoms with E-state index in [2.05, 4.69) is 20.4 Å². The summed E-state index contributed by atoms with van der Waals surface area (Å²) in [6.07, 6.45) is 4.47. The standard InChI is InChI=1S/C21H17N5O3/c27-19(18-14-23-21(25-20(18)28)26-12-4-11-24-26)22-13-15-7-9-17(10-8-15)29-16-5-2-1-3-6-16/h1-12,14H,13H2,(H,22,27)(H,23,25,28). The number of carbonyl (C=O) groups excluding carboxylic acids is 1. The van der Waals surface area contributed by atoms with Gasteiger partial charge in [0.1, 0.15) is 17.1 Å². The fourth-order valence-corrected chi connectivity index (χ4v) is 2.60. The van der Waals surface area contributed by atoms with Crippen LogP contribution in [0.4, 0.5) is 0 Å². The van der Waals surface area contributed by atoms with Gasteiger partial charge in [-0.2, -0.15) is 10.1 Å². The first kappa shape index (κ1) is 18.2. The molecule has 0 spiro atoms. The molecule has 2 aromatic carbocycles. The van der Waals surface area contributed by atoms with E-state index in [1.807, 2.05) is 54.6 Å². The third kappa shape index (κ3) is 4.38. The molecule has 0 bridgehead atoms. The molecule has 2 N–H and O–H groups in total. The summed E-state index contributed by atoms with van der Waals surface area (Å²) >= 11 is 0. The van der Waals surface area contributed by atoms with Crippen LogP contribution in [-0.4, -0.2) is 30.8 Å². The molecule has 4 rings (SSSR count). The summed E-state index contributed by atoms with van der Waals surface area (Å²) in [5.41, 5.74) is 0.872. The smallest absolute Gasteiger partial charge is 0.258 e. The highest BCUT2D eigenvalue weighted by Crippen LogP contribution is 2.21. The van der Waals surface area contributed by atoms with E-state index in [0.717, 1.165) is 11.3 Å². The molecule has 1 amide bonds. The Morgan fingerprint density at radius 3 is 2.48 bits per heavy atom. The Balaban J connectivity index is 1.37. The summed E-state index contributed by atoms with van der Waals surface area (Å²) in [6, 6.07) is 18.6. The molecule has 0 saturated carbocycles. The van der Waals surface area contributed by atoms with Crippen molar-refractivity contribution in [2.45, 2.75) is 6.54 Å². The Bertz CT molecular complexity index is 1100. The number of para-hydroxylation sites is 1. The second kappa shape index (κ2) is 8.22. The van der Waals surface area contributed by atoms with Crippen molar-refractivity contribution in [3.63, 3.8) is 0 Å². The van der Waals surface area contributed by atoms with Crippen molar-refractivity contribution in [2.24, 2.45) is 0 Å². The number of nitrogens with one attached hydrogen (secondary N) is 1. The van der Waals surface area contributed by atoms with Crippen LogP contribution in [0.3, 0.4) is 0 Å². The Morgan fingerprint density at radius 2 is 1.79 bits per heavy atom. The molecule has 0 fully saturated rings. The lowest BCUT2D eigenvalue weighted by Gasteiger charge is -2.09. The van der Waals surface area contributed by atoms with E-state index in [-0.39, 0.29) is 18.1 Å². The summed E-state index contributed by atoms with van der Waals surface area (Å²) < 4.78 is 7.13. The lowest BCUT2D eigenvalue weighted by Crippen LogP contribution is -2.23. The van der Waals surface area contributed by atoms with Crippen LogP contribution in [0.25, 0.3) is 5.95 Å². The number of aromatic hydroxyl groups is 1. The van der Waals surface area contributed by atoms with Crippen LogP contribution >= 0.6 is 0 Å². The van der Waals surface area contributed by atoms with E-state index in [0.29, 0.717) is 5.75 Å². The fraction of sp³-hybridized carbons (Fsp3) is 0.0476. The Morgan fingerprint density at radius 1 is 1.03 bits per heavy atom. The average molecular weight is 387 g/mol. The topological polar surface area (TPSA) is 102 Å². The number of ether oxygens (including phenoxy) is 1. The van der Waals surface area contributed by atoms with Gasteiger partial charge < -0.3 is 15.2 Å². The van der Waals surface area contributed by atoms with Crippen LogP contribution in [0, 0.1) is 0 Å². The highest BCUT2D eigenvalue weighted by molar-refractivity contribution is 5.95. The first-order valence-electron chi connectivity index (χ1n) is 8.85. The third-order valence-electron chi connectivity index (χ3n) is 4.07. The van der Waals surface area contributed by atoms with Gasteiger partial charge in [-0.05, 0) is 35.9 Å². The second-order valence-electron chi connectivity index (χ2n) is 6.10. The molecular weight excluding hydrogens is 370 g/mol. The van der Waals surface area contributed by atoms with Crippen LogP contribution < -0.4 is 10.1 Å². The number of rotatable bonds is 6. The SMILES string of the molecule is O=C(NCc1ccc(Oc2ccccc2)cc1)c1cnc(-n2cccn2)nc1O. The predicted octanol–water partition coefficient (Wildman–Crippen LogP) is 3.09. The average Bonchev–Trinajstić information content (AvgIpc) is 3.29. The van der Waals surface area contributed by atoms with Crippen molar-refractivity contribution in [2.75, 3.05) is 0 Å². The van der Waals surface area contributed by atoms with Gasteiger partial charge in [0.25, 0.3) is 11.9 Å². The molecule has 2 heterocycles. The van der Waals surface area contributed by atoms with Gasteiger partial charge in [0.15, 0.2) is 0 Å². The quantitative estimate of drug-likeness (QED) is 0.527. The largest absolute Gasteiger partial charge is 0.493 e. The van der Waals surface area contributed by atoms with E-state index in [9.17, 15) is 9.90 Å². The molecule has 8 heteroatoms. The molecule has 8 nitrogen and oxygen atoms in total. The zero-order valence-corrected chi connectivity index (χ0v) is 15.3. The van der Waals surface area contributed by atoms with E-state index >= 15 is 0 Å². The summed E-state index contributed by atoms with van der Waals surface area (Å²) in [5.74, 6) is 0.751. The zero-order valence-electron chi connectivity index (χ0n) is 15.3. The lowest BCUT2D eigenvalue weighted by molar-refractivity contribution is 0.0947. The van der Waals surface area contributed by atoms with Gasteiger partial charge in [-0.3, -0.25) is 4.79 Å². The van der Waals surface area contributed by atoms with Crippen molar-refractivity contribution in [1.29, 1.82) is 0 Å². The van der Waals surface area contributed by atoms with Crippen LogP contribution in [0.15, 0.2) is 79.3 Å². The Hall–Kier alpha value is -4.20. The number of hydrogen-bond donors (Lipinski definition) is 2. The van der Waals surface area contributed by atoms with Crippen LogP contribution in [0.1, 0.15) is 15.9 Å². The molecule has 0 unspecified atom stereocenters. The maximum Gasteiger partial charge on any atom is 0.258 e. The Labute approximate surface area is 166 Å². The minimum Gasteiger partial charge on any atom is -0.493 e. The minimum atomic E-state index is -0.473. The molecule has 144 valence electrons. The fourth-order valence-electron chi connectivity index (χ4n) is 2.60. The molecule has 0 aliphatic rings. The van der Waals surface area contributed by atoms with Crippen molar-refractivity contribution >= 4 is 5.91 Å². The van der Waals surface area contributed by atoms with Crippen LogP contribution in [-0.2, 0) is 6.54 Å². The van der Waals surface area contributed by atoms with Crippen molar-refractivity contribution in [1.82, 2.24) is 25.1 Å². The molecule has 0 radical (unpaired) electrons. The molecule has 4 aromatic rings. The number of nitrogens with zero attached hydrogens (tertiary/aromatic N) is 4. The van der Waals surface area contributed by atoms with Gasteiger partial charge in [-0.1, -0.05) is 30.3 Å². The first-order valence-corrected chi connectivity index (χ1v) is 8.85. The molecule has 0 saturated heterocycles. The van der Waals surface area contributed by atoms with E-state index in [1.54, 1.807) is 18.5 Å². The van der Waals surface area contributed by atoms with E-state index < -0.39 is 11.8 Å². The highest BCUT2D eigenvalue weighted by atomic mass is 16.5. The van der Waals surface area contributed by atoms with Crippen LogP contribution in [0.2, 0.25) is 0 Å². The van der Waals surface area contributed by atoms with Crippen molar-refractivity contribution in [3.8, 4) is 23.3 Å². The number of amides is 1. The minimum absolute atomic E-state index is 0.00932. The summed E-state index contributed by atoms with van der Waals surface area (Å²) in [4.78, 5) is 20.3. The second-order valence-corrected chi connectivity index (χ2v) is 6.10. The third-order valence-corrected chi connectivity index (χ3v) is 4.07. The molecular formula is C21H17N5O3. The monoisotopic (exact) mass is 387 g/mol. The van der Waals surface area contributed by atoms with Gasteiger partial charge >= 0.3 is 0 Å². The summed E-state index contributed by atoms with van der Waals surface area (Å²) in [6.45, 7) is 0.283.